The van der Waals surface area contributed by atoms with Gasteiger partial charge in [-0.2, -0.15) is 0 Å². The van der Waals surface area contributed by atoms with Gasteiger partial charge in [-0.05, 0) is 36.8 Å². The second-order valence-corrected chi connectivity index (χ2v) is 4.74. The van der Waals surface area contributed by atoms with Gasteiger partial charge in [0.25, 0.3) is 0 Å². The van der Waals surface area contributed by atoms with Crippen LogP contribution < -0.4 is 10.5 Å². The lowest BCUT2D eigenvalue weighted by Crippen LogP contribution is -2.04. The third-order valence-corrected chi connectivity index (χ3v) is 3.30. The van der Waals surface area contributed by atoms with Crippen molar-refractivity contribution in [2.75, 3.05) is 12.3 Å². The highest BCUT2D eigenvalue weighted by atomic mass is 19.1. The van der Waals surface area contributed by atoms with E-state index in [-0.39, 0.29) is 5.82 Å². The van der Waals surface area contributed by atoms with Gasteiger partial charge in [-0.3, -0.25) is 0 Å². The smallest absolute Gasteiger partial charge is 0.201 e. The fourth-order valence-corrected chi connectivity index (χ4v) is 2.40. The maximum absolute atomic E-state index is 13.3. The standard InChI is InChI=1S/C16H16FN3O/c1-2-21-14-8-4-7-13-15(14)19-16(18)20(13)10-11-5-3-6-12(17)9-11/h3-9H,2,10H2,1H3,(H2,18,19). The number of nitrogen functional groups attached to an aromatic ring is 1. The Balaban J connectivity index is 2.06. The molecule has 4 nitrogen and oxygen atoms in total. The van der Waals surface area contributed by atoms with E-state index in [1.807, 2.05) is 35.8 Å². The fraction of sp³-hybridized carbons (Fsp3) is 0.188. The largest absolute Gasteiger partial charge is 0.492 e. The number of nitrogens with zero attached hydrogens (tertiary/aromatic N) is 2. The lowest BCUT2D eigenvalue weighted by atomic mass is 10.2. The SMILES string of the molecule is CCOc1cccc2c1nc(N)n2Cc1cccc(F)c1. The van der Waals surface area contributed by atoms with Gasteiger partial charge in [0.2, 0.25) is 5.95 Å². The molecule has 108 valence electrons. The number of hydrogen-bond acceptors (Lipinski definition) is 3. The molecule has 0 aliphatic carbocycles. The zero-order chi connectivity index (χ0) is 14.8. The molecule has 3 aromatic rings. The highest BCUT2D eigenvalue weighted by Gasteiger charge is 2.12. The lowest BCUT2D eigenvalue weighted by Gasteiger charge is -2.07. The molecule has 1 aromatic heterocycles. The van der Waals surface area contributed by atoms with Crippen LogP contribution in [0.25, 0.3) is 11.0 Å². The van der Waals surface area contributed by atoms with Crippen molar-refractivity contribution < 1.29 is 9.13 Å². The van der Waals surface area contributed by atoms with Crippen molar-refractivity contribution in [2.24, 2.45) is 0 Å². The quantitative estimate of drug-likeness (QED) is 0.801. The Bertz CT molecular complexity index is 782. The number of rotatable bonds is 4. The molecule has 21 heavy (non-hydrogen) atoms. The molecule has 2 N–H and O–H groups in total. The van der Waals surface area contributed by atoms with E-state index in [9.17, 15) is 4.39 Å². The Labute approximate surface area is 122 Å². The number of fused-ring (bicyclic) bond motifs is 1. The van der Waals surface area contributed by atoms with Crippen LogP contribution in [0.1, 0.15) is 12.5 Å². The Morgan fingerprint density at radius 3 is 2.81 bits per heavy atom. The number of aromatic nitrogens is 2. The predicted octanol–water partition coefficient (Wildman–Crippen LogP) is 3.20. The average Bonchev–Trinajstić information content (AvgIpc) is 2.77. The van der Waals surface area contributed by atoms with Crippen LogP contribution in [0.3, 0.4) is 0 Å². The van der Waals surface area contributed by atoms with Gasteiger partial charge in [-0.15, -0.1) is 0 Å². The predicted molar refractivity (Wildman–Crippen MR) is 80.8 cm³/mol. The maximum atomic E-state index is 13.3. The van der Waals surface area contributed by atoms with Crippen LogP contribution in [0.5, 0.6) is 5.75 Å². The first-order valence-corrected chi connectivity index (χ1v) is 6.81. The van der Waals surface area contributed by atoms with Crippen LogP contribution in [0.4, 0.5) is 10.3 Å². The number of anilines is 1. The summed E-state index contributed by atoms with van der Waals surface area (Å²) in [5.41, 5.74) is 8.45. The second-order valence-electron chi connectivity index (χ2n) is 4.74. The summed E-state index contributed by atoms with van der Waals surface area (Å²) in [5, 5.41) is 0. The fourth-order valence-electron chi connectivity index (χ4n) is 2.40. The molecule has 0 radical (unpaired) electrons. The van der Waals surface area contributed by atoms with Gasteiger partial charge >= 0.3 is 0 Å². The van der Waals surface area contributed by atoms with Gasteiger partial charge in [0.1, 0.15) is 17.1 Å². The summed E-state index contributed by atoms with van der Waals surface area (Å²) >= 11 is 0. The summed E-state index contributed by atoms with van der Waals surface area (Å²) in [7, 11) is 0. The maximum Gasteiger partial charge on any atom is 0.201 e. The molecular formula is C16H16FN3O. The van der Waals surface area contributed by atoms with Gasteiger partial charge in [0.05, 0.1) is 18.7 Å². The first-order valence-electron chi connectivity index (χ1n) is 6.81. The molecule has 0 atom stereocenters. The minimum absolute atomic E-state index is 0.259. The highest BCUT2D eigenvalue weighted by molar-refractivity contribution is 5.84. The molecule has 3 rings (SSSR count). The van der Waals surface area contributed by atoms with Crippen molar-refractivity contribution in [3.05, 3.63) is 53.8 Å². The molecule has 0 saturated heterocycles. The van der Waals surface area contributed by atoms with Gasteiger partial charge in [0.15, 0.2) is 0 Å². The Morgan fingerprint density at radius 2 is 2.05 bits per heavy atom. The molecular weight excluding hydrogens is 269 g/mol. The van der Waals surface area contributed by atoms with E-state index in [2.05, 4.69) is 4.98 Å². The van der Waals surface area contributed by atoms with Crippen molar-refractivity contribution in [1.82, 2.24) is 9.55 Å². The van der Waals surface area contributed by atoms with Gasteiger partial charge in [-0.25, -0.2) is 9.37 Å². The van der Waals surface area contributed by atoms with Crippen molar-refractivity contribution in [2.45, 2.75) is 13.5 Å². The van der Waals surface area contributed by atoms with Gasteiger partial charge in [-0.1, -0.05) is 18.2 Å². The number of halogens is 1. The Morgan fingerprint density at radius 1 is 1.24 bits per heavy atom. The molecule has 5 heteroatoms. The minimum atomic E-state index is -0.259. The van der Waals surface area contributed by atoms with E-state index in [4.69, 9.17) is 10.5 Å². The molecule has 0 aliphatic rings. The molecule has 0 aliphatic heterocycles. The summed E-state index contributed by atoms with van der Waals surface area (Å²) in [6, 6.07) is 12.2. The lowest BCUT2D eigenvalue weighted by molar-refractivity contribution is 0.343. The number of para-hydroxylation sites is 1. The molecule has 0 bridgehead atoms. The van der Waals surface area contributed by atoms with Gasteiger partial charge in [0, 0.05) is 0 Å². The Kier molecular flexibility index (Phi) is 3.48. The average molecular weight is 285 g/mol. The van der Waals surface area contributed by atoms with E-state index < -0.39 is 0 Å². The van der Waals surface area contributed by atoms with E-state index in [1.54, 1.807) is 6.07 Å². The van der Waals surface area contributed by atoms with Crippen LogP contribution in [0.15, 0.2) is 42.5 Å². The molecule has 0 spiro atoms. The van der Waals surface area contributed by atoms with Crippen molar-refractivity contribution >= 4 is 17.0 Å². The zero-order valence-electron chi connectivity index (χ0n) is 11.7. The summed E-state index contributed by atoms with van der Waals surface area (Å²) in [4.78, 5) is 4.37. The molecule has 1 heterocycles. The van der Waals surface area contributed by atoms with Crippen LogP contribution in [-0.2, 0) is 6.54 Å². The number of nitrogens with two attached hydrogens (primary N) is 1. The number of benzene rings is 2. The molecule has 2 aromatic carbocycles. The van der Waals surface area contributed by atoms with Crippen molar-refractivity contribution in [3.8, 4) is 5.75 Å². The van der Waals surface area contributed by atoms with Crippen LogP contribution in [0.2, 0.25) is 0 Å². The number of hydrogen-bond donors (Lipinski definition) is 1. The second kappa shape index (κ2) is 5.44. The normalized spacial score (nSPS) is 11.0. The van der Waals surface area contributed by atoms with E-state index >= 15 is 0 Å². The monoisotopic (exact) mass is 285 g/mol. The van der Waals surface area contributed by atoms with E-state index in [0.29, 0.717) is 24.8 Å². The number of imidazole rings is 1. The molecule has 0 amide bonds. The summed E-state index contributed by atoms with van der Waals surface area (Å²) < 4.78 is 20.7. The third kappa shape index (κ3) is 2.54. The van der Waals surface area contributed by atoms with Crippen LogP contribution in [-0.4, -0.2) is 16.2 Å². The molecule has 0 fully saturated rings. The molecule has 0 saturated carbocycles. The summed E-state index contributed by atoms with van der Waals surface area (Å²) in [5.74, 6) is 0.839. The topological polar surface area (TPSA) is 53.1 Å². The van der Waals surface area contributed by atoms with Gasteiger partial charge < -0.3 is 15.0 Å². The van der Waals surface area contributed by atoms with E-state index in [0.717, 1.165) is 16.6 Å². The first-order chi connectivity index (χ1) is 10.2. The van der Waals surface area contributed by atoms with Crippen LogP contribution in [0, 0.1) is 5.82 Å². The Hall–Kier alpha value is -2.56. The minimum Gasteiger partial charge on any atom is -0.492 e. The third-order valence-electron chi connectivity index (χ3n) is 3.30. The van der Waals surface area contributed by atoms with E-state index in [1.165, 1.54) is 12.1 Å². The van der Waals surface area contributed by atoms with Crippen LogP contribution >= 0.6 is 0 Å². The zero-order valence-corrected chi connectivity index (χ0v) is 11.7. The summed E-state index contributed by atoms with van der Waals surface area (Å²) in [6.45, 7) is 2.96. The summed E-state index contributed by atoms with van der Waals surface area (Å²) in [6.07, 6.45) is 0. The first kappa shape index (κ1) is 13.4. The highest BCUT2D eigenvalue weighted by Crippen LogP contribution is 2.27. The van der Waals surface area contributed by atoms with Crippen molar-refractivity contribution in [3.63, 3.8) is 0 Å². The number of ether oxygens (including phenoxy) is 1. The molecule has 0 unspecified atom stereocenters. The van der Waals surface area contributed by atoms with Crippen molar-refractivity contribution in [1.29, 1.82) is 0 Å².